The van der Waals surface area contributed by atoms with E-state index in [0.717, 1.165) is 12.2 Å². The van der Waals surface area contributed by atoms with E-state index in [1.54, 1.807) is 0 Å². The molecule has 1 rings (SSSR count). The maximum absolute atomic E-state index is 5.96. The van der Waals surface area contributed by atoms with Crippen LogP contribution >= 0.6 is 0 Å². The summed E-state index contributed by atoms with van der Waals surface area (Å²) in [5, 5.41) is 0. The van der Waals surface area contributed by atoms with Gasteiger partial charge in [-0.15, -0.1) is 18.2 Å². The van der Waals surface area contributed by atoms with E-state index in [1.165, 1.54) is 5.56 Å². The molecule has 3 heteroatoms. The summed E-state index contributed by atoms with van der Waals surface area (Å²) in [5.41, 5.74) is 1.17. The van der Waals surface area contributed by atoms with Crippen LogP contribution in [0.1, 0.15) is 5.56 Å². The van der Waals surface area contributed by atoms with E-state index >= 15 is 0 Å². The molecule has 0 aliphatic rings. The van der Waals surface area contributed by atoms with Crippen LogP contribution < -0.4 is 23.3 Å². The molecule has 0 N–H and O–H groups in total. The molecule has 1 aromatic carbocycles. The molecule has 0 bridgehead atoms. The fourth-order valence-corrected chi connectivity index (χ4v) is 2.05. The maximum Gasteiger partial charge on any atom is 1.00 e. The van der Waals surface area contributed by atoms with Crippen LogP contribution in [0.3, 0.4) is 0 Å². The first-order valence-corrected chi connectivity index (χ1v) is 8.22. The standard InChI is InChI=1S/C12H17OSi.Li/c1-5-8-11-9-6-7-10-12(11)13-14(2,3)4;/h5,7,9-10H,1,8H2,2-4H3;/q-1;+1. The van der Waals surface area contributed by atoms with Crippen LogP contribution in [0.25, 0.3) is 0 Å². The molecule has 0 amide bonds. The van der Waals surface area contributed by atoms with Crippen molar-refractivity contribution in [2.24, 2.45) is 0 Å². The predicted molar refractivity (Wildman–Crippen MR) is 63.2 cm³/mol. The molecule has 1 aromatic rings. The normalized spacial score (nSPS) is 10.3. The van der Waals surface area contributed by atoms with Crippen molar-refractivity contribution in [2.45, 2.75) is 26.1 Å². The number of hydrogen-bond acceptors (Lipinski definition) is 1. The first-order valence-electron chi connectivity index (χ1n) is 4.82. The average Bonchev–Trinajstić information content (AvgIpc) is 2.06. The Kier molecular flexibility index (Phi) is 6.04. The summed E-state index contributed by atoms with van der Waals surface area (Å²) in [7, 11) is -1.51. The van der Waals surface area contributed by atoms with Gasteiger partial charge in [0, 0.05) is 0 Å². The molecule has 0 radical (unpaired) electrons. The molecule has 0 spiro atoms. The van der Waals surface area contributed by atoms with E-state index in [4.69, 9.17) is 4.43 Å². The summed E-state index contributed by atoms with van der Waals surface area (Å²) >= 11 is 0. The minimum absolute atomic E-state index is 0. The zero-order valence-electron chi connectivity index (χ0n) is 10.1. The molecule has 0 saturated heterocycles. The summed E-state index contributed by atoms with van der Waals surface area (Å²) in [6, 6.07) is 8.90. The average molecular weight is 212 g/mol. The smallest absolute Gasteiger partial charge is 0.564 e. The van der Waals surface area contributed by atoms with Crippen molar-refractivity contribution in [2.75, 3.05) is 0 Å². The SMILES string of the molecule is C=CCc1c[c-]ccc1O[Si](C)(C)C.[Li+]. The van der Waals surface area contributed by atoms with Crippen LogP contribution in [0.5, 0.6) is 5.75 Å². The second-order valence-electron chi connectivity index (χ2n) is 4.24. The zero-order valence-corrected chi connectivity index (χ0v) is 11.1. The van der Waals surface area contributed by atoms with Crippen molar-refractivity contribution in [3.8, 4) is 5.75 Å². The fourth-order valence-electron chi connectivity index (χ4n) is 1.20. The third kappa shape index (κ3) is 5.27. The Bertz CT molecular complexity index is 318. The summed E-state index contributed by atoms with van der Waals surface area (Å²) < 4.78 is 5.96. The van der Waals surface area contributed by atoms with Crippen LogP contribution in [0.15, 0.2) is 30.9 Å². The number of benzene rings is 1. The summed E-state index contributed by atoms with van der Waals surface area (Å²) in [5.74, 6) is 0.989. The summed E-state index contributed by atoms with van der Waals surface area (Å²) in [6.45, 7) is 10.3. The van der Waals surface area contributed by atoms with E-state index in [0.29, 0.717) is 0 Å². The molecule has 0 fully saturated rings. The maximum atomic E-state index is 5.96. The molecule has 0 unspecified atom stereocenters. The number of allylic oxidation sites excluding steroid dienone is 1. The van der Waals surface area contributed by atoms with Gasteiger partial charge in [-0.05, 0) is 25.4 Å². The van der Waals surface area contributed by atoms with Gasteiger partial charge < -0.3 is 4.43 Å². The molecule has 0 aromatic heterocycles. The van der Waals surface area contributed by atoms with Crippen molar-refractivity contribution in [3.05, 3.63) is 42.5 Å². The Morgan fingerprint density at radius 2 is 2.13 bits per heavy atom. The zero-order chi connectivity index (χ0) is 10.6. The van der Waals surface area contributed by atoms with Crippen LogP contribution in [-0.2, 0) is 6.42 Å². The summed E-state index contributed by atoms with van der Waals surface area (Å²) in [4.78, 5) is 0. The van der Waals surface area contributed by atoms with Gasteiger partial charge in [-0.25, -0.2) is 0 Å². The first kappa shape index (κ1) is 14.6. The predicted octanol–water partition coefficient (Wildman–Crippen LogP) is 0.433. The third-order valence-corrected chi connectivity index (χ3v) is 2.52. The van der Waals surface area contributed by atoms with Crippen LogP contribution in [-0.4, -0.2) is 8.32 Å². The van der Waals surface area contributed by atoms with Crippen molar-refractivity contribution in [1.82, 2.24) is 0 Å². The van der Waals surface area contributed by atoms with Crippen LogP contribution in [0.2, 0.25) is 19.6 Å². The van der Waals surface area contributed by atoms with Crippen LogP contribution in [0.4, 0.5) is 0 Å². The first-order chi connectivity index (χ1) is 6.53. The molecular formula is C12H17LiOSi. The van der Waals surface area contributed by atoms with E-state index in [2.05, 4.69) is 32.3 Å². The molecule has 15 heavy (non-hydrogen) atoms. The molecule has 0 aliphatic heterocycles. The van der Waals surface area contributed by atoms with Gasteiger partial charge in [0.25, 0.3) is 0 Å². The summed E-state index contributed by atoms with van der Waals surface area (Å²) in [6.07, 6.45) is 2.73. The molecule has 1 nitrogen and oxygen atoms in total. The Hall–Kier alpha value is -0.426. The van der Waals surface area contributed by atoms with E-state index in [-0.39, 0.29) is 18.9 Å². The van der Waals surface area contributed by atoms with Gasteiger partial charge in [-0.1, -0.05) is 12.5 Å². The second-order valence-corrected chi connectivity index (χ2v) is 8.67. The topological polar surface area (TPSA) is 9.23 Å². The van der Waals surface area contributed by atoms with Gasteiger partial charge >= 0.3 is 18.9 Å². The van der Waals surface area contributed by atoms with E-state index in [9.17, 15) is 0 Å². The van der Waals surface area contributed by atoms with Gasteiger partial charge in [-0.2, -0.15) is 18.2 Å². The molecule has 0 aliphatic carbocycles. The van der Waals surface area contributed by atoms with Gasteiger partial charge in [0.2, 0.25) is 8.32 Å². The van der Waals surface area contributed by atoms with Gasteiger partial charge in [0.15, 0.2) is 0 Å². The van der Waals surface area contributed by atoms with Crippen LogP contribution in [0, 0.1) is 6.07 Å². The third-order valence-electron chi connectivity index (χ3n) is 1.69. The van der Waals surface area contributed by atoms with Crippen molar-refractivity contribution in [1.29, 1.82) is 0 Å². The monoisotopic (exact) mass is 212 g/mol. The molecule has 0 heterocycles. The molecule has 0 atom stereocenters. The molecule has 0 saturated carbocycles. The van der Waals surface area contributed by atoms with Gasteiger partial charge in [0.1, 0.15) is 0 Å². The van der Waals surface area contributed by atoms with Gasteiger partial charge in [0.05, 0.1) is 0 Å². The molecular weight excluding hydrogens is 195 g/mol. The number of hydrogen-bond donors (Lipinski definition) is 0. The Morgan fingerprint density at radius 3 is 2.67 bits per heavy atom. The Labute approximate surface area is 106 Å². The Morgan fingerprint density at radius 1 is 1.47 bits per heavy atom. The Balaban J connectivity index is 0.00000196. The van der Waals surface area contributed by atoms with Crippen molar-refractivity contribution >= 4 is 8.32 Å². The second kappa shape index (κ2) is 6.22. The quantitative estimate of drug-likeness (QED) is 0.399. The van der Waals surface area contributed by atoms with Crippen molar-refractivity contribution in [3.63, 3.8) is 0 Å². The van der Waals surface area contributed by atoms with Gasteiger partial charge in [-0.3, -0.25) is 0 Å². The van der Waals surface area contributed by atoms with Crippen molar-refractivity contribution < 1.29 is 23.3 Å². The van der Waals surface area contributed by atoms with E-state index in [1.807, 2.05) is 24.3 Å². The van der Waals surface area contributed by atoms with E-state index < -0.39 is 8.32 Å². The minimum atomic E-state index is -1.51. The fraction of sp³-hybridized carbons (Fsp3) is 0.333. The minimum Gasteiger partial charge on any atom is -0.564 e. The number of rotatable bonds is 4. The molecule has 76 valence electrons. The largest absolute Gasteiger partial charge is 1.00 e.